The number of nitrogens with zero attached hydrogens (tertiary/aromatic N) is 2. The Bertz CT molecular complexity index is 853. The fraction of sp³-hybridized carbons (Fsp3) is 0.263. The molecule has 3 aromatic rings. The summed E-state index contributed by atoms with van der Waals surface area (Å²) in [4.78, 5) is 12.5. The lowest BCUT2D eigenvalue weighted by atomic mass is 10.1. The molecule has 0 bridgehead atoms. The lowest BCUT2D eigenvalue weighted by Crippen LogP contribution is -2.31. The summed E-state index contributed by atoms with van der Waals surface area (Å²) >= 11 is 0. The first-order valence-electron chi connectivity index (χ1n) is 8.12. The van der Waals surface area contributed by atoms with Gasteiger partial charge in [0.2, 0.25) is 0 Å². The molecule has 130 valence electrons. The molecule has 1 amide bonds. The standard InChI is InChI=1S/C19H21N3O3/c1-13-6-4-8-17(14(13)2)25-15(3)19(23)21-18-9-10-20-22(18)12-16-7-5-11-24-16/h4-11,15H,12H2,1-3H3,(H,21,23). The smallest absolute Gasteiger partial charge is 0.266 e. The molecule has 3 rings (SSSR count). The molecule has 2 aromatic heterocycles. The highest BCUT2D eigenvalue weighted by molar-refractivity contribution is 5.93. The van der Waals surface area contributed by atoms with E-state index in [2.05, 4.69) is 10.4 Å². The molecule has 0 aliphatic carbocycles. The van der Waals surface area contributed by atoms with Gasteiger partial charge in [-0.25, -0.2) is 4.68 Å². The monoisotopic (exact) mass is 339 g/mol. The highest BCUT2D eigenvalue weighted by Crippen LogP contribution is 2.22. The van der Waals surface area contributed by atoms with Gasteiger partial charge in [0, 0.05) is 6.07 Å². The predicted octanol–water partition coefficient (Wildman–Crippen LogP) is 3.55. The van der Waals surface area contributed by atoms with E-state index in [0.29, 0.717) is 18.1 Å². The van der Waals surface area contributed by atoms with Crippen LogP contribution < -0.4 is 10.1 Å². The first-order chi connectivity index (χ1) is 12.0. The molecule has 1 N–H and O–H groups in total. The van der Waals surface area contributed by atoms with E-state index in [4.69, 9.17) is 9.15 Å². The van der Waals surface area contributed by atoms with Crippen LogP contribution in [-0.2, 0) is 11.3 Å². The third kappa shape index (κ3) is 3.91. The summed E-state index contributed by atoms with van der Waals surface area (Å²) in [7, 11) is 0. The maximum absolute atomic E-state index is 12.5. The fourth-order valence-electron chi connectivity index (χ4n) is 2.44. The van der Waals surface area contributed by atoms with Crippen molar-refractivity contribution in [2.24, 2.45) is 0 Å². The number of rotatable bonds is 6. The van der Waals surface area contributed by atoms with E-state index in [9.17, 15) is 4.79 Å². The average Bonchev–Trinajstić information content (AvgIpc) is 3.25. The number of carbonyl (C=O) groups is 1. The molecule has 0 saturated heterocycles. The van der Waals surface area contributed by atoms with Crippen molar-refractivity contribution in [2.75, 3.05) is 5.32 Å². The van der Waals surface area contributed by atoms with E-state index in [-0.39, 0.29) is 5.91 Å². The Morgan fingerprint density at radius 3 is 2.88 bits per heavy atom. The van der Waals surface area contributed by atoms with E-state index < -0.39 is 6.10 Å². The Balaban J connectivity index is 1.66. The van der Waals surface area contributed by atoms with Crippen LogP contribution in [0.25, 0.3) is 0 Å². The zero-order valence-corrected chi connectivity index (χ0v) is 14.5. The zero-order valence-electron chi connectivity index (χ0n) is 14.5. The fourth-order valence-corrected chi connectivity index (χ4v) is 2.44. The molecule has 1 aromatic carbocycles. The number of benzene rings is 1. The van der Waals surface area contributed by atoms with E-state index >= 15 is 0 Å². The second-order valence-corrected chi connectivity index (χ2v) is 5.90. The Labute approximate surface area is 146 Å². The average molecular weight is 339 g/mol. The SMILES string of the molecule is Cc1cccc(OC(C)C(=O)Nc2ccnn2Cc2ccco2)c1C. The number of carbonyl (C=O) groups excluding carboxylic acids is 1. The molecule has 0 aliphatic heterocycles. The molecule has 0 spiro atoms. The highest BCUT2D eigenvalue weighted by atomic mass is 16.5. The minimum atomic E-state index is -0.632. The molecular weight excluding hydrogens is 318 g/mol. The summed E-state index contributed by atoms with van der Waals surface area (Å²) in [6, 6.07) is 11.2. The molecule has 2 heterocycles. The minimum Gasteiger partial charge on any atom is -0.481 e. The van der Waals surface area contributed by atoms with Crippen LogP contribution in [0.1, 0.15) is 23.8 Å². The van der Waals surface area contributed by atoms with Crippen molar-refractivity contribution >= 4 is 11.7 Å². The highest BCUT2D eigenvalue weighted by Gasteiger charge is 2.18. The number of hydrogen-bond donors (Lipinski definition) is 1. The molecule has 6 nitrogen and oxygen atoms in total. The topological polar surface area (TPSA) is 69.3 Å². The summed E-state index contributed by atoms with van der Waals surface area (Å²) in [6.07, 6.45) is 2.61. The maximum atomic E-state index is 12.5. The van der Waals surface area contributed by atoms with Gasteiger partial charge in [0.05, 0.1) is 12.5 Å². The van der Waals surface area contributed by atoms with Gasteiger partial charge in [0.15, 0.2) is 6.10 Å². The molecule has 0 aliphatic rings. The first kappa shape index (κ1) is 16.8. The molecule has 25 heavy (non-hydrogen) atoms. The van der Waals surface area contributed by atoms with Gasteiger partial charge in [-0.2, -0.15) is 5.10 Å². The van der Waals surface area contributed by atoms with Gasteiger partial charge in [-0.15, -0.1) is 0 Å². The molecular formula is C19H21N3O3. The number of aryl methyl sites for hydroxylation is 1. The van der Waals surface area contributed by atoms with Crippen LogP contribution >= 0.6 is 0 Å². The molecule has 0 fully saturated rings. The quantitative estimate of drug-likeness (QED) is 0.746. The molecule has 1 unspecified atom stereocenters. The number of hydrogen-bond acceptors (Lipinski definition) is 4. The van der Waals surface area contributed by atoms with Crippen molar-refractivity contribution in [3.63, 3.8) is 0 Å². The van der Waals surface area contributed by atoms with Crippen LogP contribution in [0, 0.1) is 13.8 Å². The van der Waals surface area contributed by atoms with Crippen molar-refractivity contribution in [1.29, 1.82) is 0 Å². The lowest BCUT2D eigenvalue weighted by molar-refractivity contribution is -0.122. The van der Waals surface area contributed by atoms with E-state index in [1.807, 2.05) is 44.2 Å². The van der Waals surface area contributed by atoms with Gasteiger partial charge in [-0.05, 0) is 50.1 Å². The van der Waals surface area contributed by atoms with Crippen LogP contribution in [-0.4, -0.2) is 21.8 Å². The van der Waals surface area contributed by atoms with Crippen LogP contribution in [0.2, 0.25) is 0 Å². The van der Waals surface area contributed by atoms with Crippen LogP contribution in [0.5, 0.6) is 5.75 Å². The lowest BCUT2D eigenvalue weighted by Gasteiger charge is -2.17. The Morgan fingerprint density at radius 2 is 2.12 bits per heavy atom. The van der Waals surface area contributed by atoms with Crippen LogP contribution in [0.4, 0.5) is 5.82 Å². The number of nitrogens with one attached hydrogen (secondary N) is 1. The second kappa shape index (κ2) is 7.25. The number of aromatic nitrogens is 2. The normalized spacial score (nSPS) is 12.0. The van der Waals surface area contributed by atoms with Gasteiger partial charge in [0.25, 0.3) is 5.91 Å². The molecule has 0 saturated carbocycles. The summed E-state index contributed by atoms with van der Waals surface area (Å²) in [5.41, 5.74) is 2.16. The van der Waals surface area contributed by atoms with Crippen molar-refractivity contribution < 1.29 is 13.9 Å². The number of amides is 1. The number of ether oxygens (including phenoxy) is 1. The van der Waals surface area contributed by atoms with Crippen molar-refractivity contribution in [2.45, 2.75) is 33.4 Å². The Kier molecular flexibility index (Phi) is 4.88. The minimum absolute atomic E-state index is 0.234. The molecule has 1 atom stereocenters. The van der Waals surface area contributed by atoms with Crippen LogP contribution in [0.15, 0.2) is 53.3 Å². The summed E-state index contributed by atoms with van der Waals surface area (Å²) in [6.45, 7) is 6.17. The summed E-state index contributed by atoms with van der Waals surface area (Å²) in [5.74, 6) is 1.84. The van der Waals surface area contributed by atoms with E-state index in [0.717, 1.165) is 16.9 Å². The van der Waals surface area contributed by atoms with Gasteiger partial charge in [-0.3, -0.25) is 4.79 Å². The Hall–Kier alpha value is -3.02. The second-order valence-electron chi connectivity index (χ2n) is 5.90. The van der Waals surface area contributed by atoms with Crippen molar-refractivity contribution in [3.8, 4) is 5.75 Å². The largest absolute Gasteiger partial charge is 0.481 e. The Morgan fingerprint density at radius 1 is 1.28 bits per heavy atom. The van der Waals surface area contributed by atoms with E-state index in [1.165, 1.54) is 0 Å². The van der Waals surface area contributed by atoms with Crippen molar-refractivity contribution in [1.82, 2.24) is 9.78 Å². The van der Waals surface area contributed by atoms with Gasteiger partial charge >= 0.3 is 0 Å². The van der Waals surface area contributed by atoms with Gasteiger partial charge in [-0.1, -0.05) is 12.1 Å². The van der Waals surface area contributed by atoms with Crippen molar-refractivity contribution in [3.05, 3.63) is 65.7 Å². The summed E-state index contributed by atoms with van der Waals surface area (Å²) in [5, 5.41) is 7.07. The predicted molar refractivity (Wildman–Crippen MR) is 94.7 cm³/mol. The van der Waals surface area contributed by atoms with E-state index in [1.54, 1.807) is 30.1 Å². The molecule has 6 heteroatoms. The number of anilines is 1. The zero-order chi connectivity index (χ0) is 17.8. The third-order valence-electron chi connectivity index (χ3n) is 4.08. The first-order valence-corrected chi connectivity index (χ1v) is 8.12. The van der Waals surface area contributed by atoms with Crippen LogP contribution in [0.3, 0.4) is 0 Å². The van der Waals surface area contributed by atoms with Gasteiger partial charge < -0.3 is 14.5 Å². The third-order valence-corrected chi connectivity index (χ3v) is 4.08. The summed E-state index contributed by atoms with van der Waals surface area (Å²) < 4.78 is 12.8. The maximum Gasteiger partial charge on any atom is 0.266 e. The number of furan rings is 1. The van der Waals surface area contributed by atoms with Gasteiger partial charge in [0.1, 0.15) is 23.9 Å². The molecule has 0 radical (unpaired) electrons.